The third-order valence-corrected chi connectivity index (χ3v) is 3.74. The average molecular weight is 211 g/mol. The van der Waals surface area contributed by atoms with E-state index in [1.807, 2.05) is 0 Å². The van der Waals surface area contributed by atoms with Crippen molar-refractivity contribution in [3.8, 4) is 0 Å². The van der Waals surface area contributed by atoms with E-state index in [9.17, 15) is 5.11 Å². The Morgan fingerprint density at radius 3 is 2.86 bits per heavy atom. The van der Waals surface area contributed by atoms with Gasteiger partial charge in [-0.3, -0.25) is 0 Å². The summed E-state index contributed by atoms with van der Waals surface area (Å²) in [6.07, 6.45) is 4.28. The van der Waals surface area contributed by atoms with Gasteiger partial charge in [-0.15, -0.1) is 11.3 Å². The van der Waals surface area contributed by atoms with Crippen LogP contribution < -0.4 is 5.32 Å². The van der Waals surface area contributed by atoms with Gasteiger partial charge in [-0.05, 0) is 24.3 Å². The van der Waals surface area contributed by atoms with Gasteiger partial charge in [0.25, 0.3) is 0 Å². The summed E-state index contributed by atoms with van der Waals surface area (Å²) in [4.78, 5) is 1.34. The predicted octanol–water partition coefficient (Wildman–Crippen LogP) is 2.14. The first-order valence-electron chi connectivity index (χ1n) is 5.24. The van der Waals surface area contributed by atoms with Crippen molar-refractivity contribution < 1.29 is 5.11 Å². The molecule has 0 amide bonds. The fourth-order valence-corrected chi connectivity index (χ4v) is 2.72. The zero-order chi connectivity index (χ0) is 9.86. The molecule has 1 aliphatic carbocycles. The molecule has 0 atom stereocenters. The van der Waals surface area contributed by atoms with Crippen LogP contribution in [0.4, 0.5) is 0 Å². The zero-order valence-electron chi connectivity index (χ0n) is 8.33. The highest BCUT2D eigenvalue weighted by molar-refractivity contribution is 7.09. The molecule has 0 aliphatic heterocycles. The van der Waals surface area contributed by atoms with E-state index in [1.54, 1.807) is 11.3 Å². The van der Waals surface area contributed by atoms with Crippen LogP contribution in [0.25, 0.3) is 0 Å². The number of hydrogen-bond acceptors (Lipinski definition) is 3. The van der Waals surface area contributed by atoms with E-state index >= 15 is 0 Å². The number of nitrogens with one attached hydrogen (secondary N) is 1. The molecule has 0 bridgehead atoms. The first-order chi connectivity index (χ1) is 6.79. The highest BCUT2D eigenvalue weighted by Gasteiger charge is 2.30. The molecule has 3 heteroatoms. The third kappa shape index (κ3) is 2.56. The summed E-state index contributed by atoms with van der Waals surface area (Å²) in [5.41, 5.74) is -0.419. The van der Waals surface area contributed by atoms with E-state index in [4.69, 9.17) is 0 Å². The van der Waals surface area contributed by atoms with Crippen molar-refractivity contribution >= 4 is 11.3 Å². The van der Waals surface area contributed by atoms with E-state index in [1.165, 1.54) is 17.7 Å². The molecule has 0 saturated heterocycles. The van der Waals surface area contributed by atoms with Crippen molar-refractivity contribution in [3.05, 3.63) is 22.4 Å². The Bertz CT molecular complexity index is 265. The number of hydrogen-bond donors (Lipinski definition) is 2. The molecule has 0 aromatic carbocycles. The van der Waals surface area contributed by atoms with Gasteiger partial charge >= 0.3 is 0 Å². The molecule has 1 aliphatic rings. The summed E-state index contributed by atoms with van der Waals surface area (Å²) >= 11 is 1.76. The molecule has 1 fully saturated rings. The Kier molecular flexibility index (Phi) is 3.21. The van der Waals surface area contributed by atoms with E-state index in [0.29, 0.717) is 0 Å². The molecule has 1 saturated carbocycles. The first-order valence-corrected chi connectivity index (χ1v) is 6.12. The molecular formula is C11H17NOS. The fourth-order valence-electron chi connectivity index (χ4n) is 2.04. The quantitative estimate of drug-likeness (QED) is 0.799. The Balaban J connectivity index is 1.72. The van der Waals surface area contributed by atoms with Crippen LogP contribution in [0.15, 0.2) is 17.5 Å². The van der Waals surface area contributed by atoms with Crippen molar-refractivity contribution in [2.75, 3.05) is 6.54 Å². The molecule has 2 rings (SSSR count). The Hall–Kier alpha value is -0.380. The maximum absolute atomic E-state index is 10.1. The fraction of sp³-hybridized carbons (Fsp3) is 0.636. The maximum atomic E-state index is 10.1. The average Bonchev–Trinajstić information content (AvgIpc) is 2.77. The van der Waals surface area contributed by atoms with E-state index in [2.05, 4.69) is 22.8 Å². The first kappa shape index (κ1) is 10.1. The van der Waals surface area contributed by atoms with Crippen LogP contribution in [0.1, 0.15) is 30.6 Å². The molecule has 0 unspecified atom stereocenters. The van der Waals surface area contributed by atoms with E-state index in [-0.39, 0.29) is 0 Å². The van der Waals surface area contributed by atoms with Gasteiger partial charge in [0, 0.05) is 18.0 Å². The van der Waals surface area contributed by atoms with Crippen molar-refractivity contribution in [3.63, 3.8) is 0 Å². The largest absolute Gasteiger partial charge is 0.389 e. The van der Waals surface area contributed by atoms with Crippen molar-refractivity contribution in [2.45, 2.75) is 37.8 Å². The van der Waals surface area contributed by atoms with Crippen molar-refractivity contribution in [1.29, 1.82) is 0 Å². The van der Waals surface area contributed by atoms with Crippen LogP contribution in [0.5, 0.6) is 0 Å². The topological polar surface area (TPSA) is 32.3 Å². The predicted molar refractivity (Wildman–Crippen MR) is 59.4 cm³/mol. The molecule has 1 aromatic heterocycles. The van der Waals surface area contributed by atoms with Gasteiger partial charge in [-0.25, -0.2) is 0 Å². The third-order valence-electron chi connectivity index (χ3n) is 2.87. The zero-order valence-corrected chi connectivity index (χ0v) is 9.15. The minimum atomic E-state index is -0.419. The van der Waals surface area contributed by atoms with Crippen LogP contribution in [-0.4, -0.2) is 17.3 Å². The van der Waals surface area contributed by atoms with Crippen LogP contribution in [0.3, 0.4) is 0 Å². The van der Waals surface area contributed by atoms with Gasteiger partial charge in [-0.2, -0.15) is 0 Å². The molecule has 1 aromatic rings. The summed E-state index contributed by atoms with van der Waals surface area (Å²) in [5, 5.41) is 15.5. The van der Waals surface area contributed by atoms with Crippen molar-refractivity contribution in [2.24, 2.45) is 0 Å². The van der Waals surface area contributed by atoms with Crippen LogP contribution >= 0.6 is 11.3 Å². The Labute approximate surface area is 89.0 Å². The molecule has 78 valence electrons. The molecule has 1 heterocycles. The minimum Gasteiger partial charge on any atom is -0.389 e. The SMILES string of the molecule is OC1(CNCc2cccs2)CCCC1. The summed E-state index contributed by atoms with van der Waals surface area (Å²) < 4.78 is 0. The second-order valence-corrected chi connectivity index (χ2v) is 5.15. The summed E-state index contributed by atoms with van der Waals surface area (Å²) in [6, 6.07) is 4.18. The maximum Gasteiger partial charge on any atom is 0.0771 e. The molecule has 0 spiro atoms. The second-order valence-electron chi connectivity index (χ2n) is 4.11. The molecule has 2 N–H and O–H groups in total. The Morgan fingerprint density at radius 1 is 1.43 bits per heavy atom. The molecule has 14 heavy (non-hydrogen) atoms. The Morgan fingerprint density at radius 2 is 2.21 bits per heavy atom. The molecule has 0 radical (unpaired) electrons. The van der Waals surface area contributed by atoms with Crippen LogP contribution in [-0.2, 0) is 6.54 Å². The molecular weight excluding hydrogens is 194 g/mol. The highest BCUT2D eigenvalue weighted by Crippen LogP contribution is 2.28. The van der Waals surface area contributed by atoms with Gasteiger partial charge in [0.2, 0.25) is 0 Å². The lowest BCUT2D eigenvalue weighted by atomic mass is 10.0. The summed E-state index contributed by atoms with van der Waals surface area (Å²) in [7, 11) is 0. The lowest BCUT2D eigenvalue weighted by molar-refractivity contribution is 0.0475. The van der Waals surface area contributed by atoms with Gasteiger partial charge < -0.3 is 10.4 Å². The van der Waals surface area contributed by atoms with Crippen LogP contribution in [0.2, 0.25) is 0 Å². The van der Waals surface area contributed by atoms with E-state index in [0.717, 1.165) is 25.9 Å². The van der Waals surface area contributed by atoms with Gasteiger partial charge in [0.05, 0.1) is 5.60 Å². The lowest BCUT2D eigenvalue weighted by Crippen LogP contribution is -2.37. The van der Waals surface area contributed by atoms with Gasteiger partial charge in [-0.1, -0.05) is 18.9 Å². The standard InChI is InChI=1S/C11H17NOS/c13-11(5-1-2-6-11)9-12-8-10-4-3-7-14-10/h3-4,7,12-13H,1-2,5-6,8-9H2. The van der Waals surface area contributed by atoms with Gasteiger partial charge in [0.1, 0.15) is 0 Å². The highest BCUT2D eigenvalue weighted by atomic mass is 32.1. The number of thiophene rings is 1. The van der Waals surface area contributed by atoms with Gasteiger partial charge in [0.15, 0.2) is 0 Å². The minimum absolute atomic E-state index is 0.419. The van der Waals surface area contributed by atoms with Crippen LogP contribution in [0, 0.1) is 0 Å². The van der Waals surface area contributed by atoms with E-state index < -0.39 is 5.60 Å². The number of aliphatic hydroxyl groups is 1. The summed E-state index contributed by atoms with van der Waals surface area (Å²) in [5.74, 6) is 0. The monoisotopic (exact) mass is 211 g/mol. The lowest BCUT2D eigenvalue weighted by Gasteiger charge is -2.22. The second kappa shape index (κ2) is 4.43. The van der Waals surface area contributed by atoms with Crippen molar-refractivity contribution in [1.82, 2.24) is 5.32 Å². The normalized spacial score (nSPS) is 20.1. The number of rotatable bonds is 4. The molecule has 2 nitrogen and oxygen atoms in total. The smallest absolute Gasteiger partial charge is 0.0771 e. The summed E-state index contributed by atoms with van der Waals surface area (Å²) in [6.45, 7) is 1.63.